The van der Waals surface area contributed by atoms with E-state index in [0.717, 1.165) is 17.1 Å². The molecule has 1 aromatic heterocycles. The third kappa shape index (κ3) is 2.95. The number of hydrogen-bond acceptors (Lipinski definition) is 4. The Morgan fingerprint density at radius 1 is 1.44 bits per heavy atom. The highest BCUT2D eigenvalue weighted by molar-refractivity contribution is 7.09. The zero-order valence-corrected chi connectivity index (χ0v) is 11.3. The summed E-state index contributed by atoms with van der Waals surface area (Å²) in [6.45, 7) is 4.95. The molecular formula is C14H15N3S. The summed E-state index contributed by atoms with van der Waals surface area (Å²) in [5, 5.41) is 15.4. The summed E-state index contributed by atoms with van der Waals surface area (Å²) in [5.41, 5.74) is 1.65. The first kappa shape index (κ1) is 12.7. The van der Waals surface area contributed by atoms with Gasteiger partial charge >= 0.3 is 0 Å². The molecule has 18 heavy (non-hydrogen) atoms. The summed E-state index contributed by atoms with van der Waals surface area (Å²) in [6.07, 6.45) is 1.82. The van der Waals surface area contributed by atoms with Gasteiger partial charge in [-0.05, 0) is 31.5 Å². The first-order valence-corrected chi connectivity index (χ1v) is 6.64. The van der Waals surface area contributed by atoms with Gasteiger partial charge in [-0.25, -0.2) is 4.98 Å². The lowest BCUT2D eigenvalue weighted by atomic mass is 10.1. The third-order valence-electron chi connectivity index (χ3n) is 2.76. The van der Waals surface area contributed by atoms with Crippen LogP contribution in [0.3, 0.4) is 0 Å². The Labute approximate surface area is 111 Å². The molecule has 1 N–H and O–H groups in total. The van der Waals surface area contributed by atoms with E-state index in [1.165, 1.54) is 0 Å². The van der Waals surface area contributed by atoms with Crippen molar-refractivity contribution in [1.82, 2.24) is 10.3 Å². The SMILES string of the molecule is CC(C)(NCc1cccc(C#N)c1)c1nccs1. The average Bonchev–Trinajstić information content (AvgIpc) is 2.91. The summed E-state index contributed by atoms with van der Waals surface area (Å²) < 4.78 is 0. The van der Waals surface area contributed by atoms with Crippen LogP contribution in [0.25, 0.3) is 0 Å². The van der Waals surface area contributed by atoms with Crippen molar-refractivity contribution in [3.63, 3.8) is 0 Å². The van der Waals surface area contributed by atoms with Crippen molar-refractivity contribution in [3.8, 4) is 6.07 Å². The monoisotopic (exact) mass is 257 g/mol. The second-order valence-electron chi connectivity index (χ2n) is 4.63. The van der Waals surface area contributed by atoms with Gasteiger partial charge in [-0.1, -0.05) is 12.1 Å². The topological polar surface area (TPSA) is 48.7 Å². The summed E-state index contributed by atoms with van der Waals surface area (Å²) in [4.78, 5) is 4.34. The fraction of sp³-hybridized carbons (Fsp3) is 0.286. The van der Waals surface area contributed by atoms with Gasteiger partial charge < -0.3 is 5.32 Å². The Morgan fingerprint density at radius 3 is 2.94 bits per heavy atom. The molecule has 3 nitrogen and oxygen atoms in total. The van der Waals surface area contributed by atoms with Gasteiger partial charge in [0.2, 0.25) is 0 Å². The average molecular weight is 257 g/mol. The molecule has 2 aromatic rings. The minimum atomic E-state index is -0.156. The first-order chi connectivity index (χ1) is 8.62. The number of hydrogen-bond donors (Lipinski definition) is 1. The summed E-state index contributed by atoms with van der Waals surface area (Å²) in [7, 11) is 0. The lowest BCUT2D eigenvalue weighted by Crippen LogP contribution is -2.35. The van der Waals surface area contributed by atoms with Crippen molar-refractivity contribution in [2.75, 3.05) is 0 Å². The standard InChI is InChI=1S/C14H15N3S/c1-14(2,13-16-6-7-18-13)17-10-12-5-3-4-11(8-12)9-15/h3-8,17H,10H2,1-2H3. The molecule has 0 saturated heterocycles. The van der Waals surface area contributed by atoms with Crippen LogP contribution in [0.4, 0.5) is 0 Å². The van der Waals surface area contributed by atoms with E-state index in [1.807, 2.05) is 35.8 Å². The zero-order valence-electron chi connectivity index (χ0n) is 10.5. The van der Waals surface area contributed by atoms with E-state index >= 15 is 0 Å². The van der Waals surface area contributed by atoms with Crippen molar-refractivity contribution in [2.45, 2.75) is 25.9 Å². The van der Waals surface area contributed by atoms with Crippen LogP contribution in [0.1, 0.15) is 30.0 Å². The van der Waals surface area contributed by atoms with Crippen molar-refractivity contribution < 1.29 is 0 Å². The number of nitrogens with one attached hydrogen (secondary N) is 1. The molecule has 92 valence electrons. The molecule has 0 aliphatic heterocycles. The second-order valence-corrected chi connectivity index (χ2v) is 5.52. The maximum Gasteiger partial charge on any atom is 0.112 e. The first-order valence-electron chi connectivity index (χ1n) is 5.76. The number of nitrogens with zero attached hydrogens (tertiary/aromatic N) is 2. The predicted octanol–water partition coefficient (Wildman–Crippen LogP) is 3.04. The van der Waals surface area contributed by atoms with Gasteiger partial charge in [0.15, 0.2) is 0 Å². The van der Waals surface area contributed by atoms with Crippen LogP contribution in [0.15, 0.2) is 35.8 Å². The van der Waals surface area contributed by atoms with Gasteiger partial charge in [-0.3, -0.25) is 0 Å². The highest BCUT2D eigenvalue weighted by atomic mass is 32.1. The van der Waals surface area contributed by atoms with Crippen LogP contribution < -0.4 is 5.32 Å². The van der Waals surface area contributed by atoms with Gasteiger partial charge in [0, 0.05) is 18.1 Å². The largest absolute Gasteiger partial charge is 0.302 e. The summed E-state index contributed by atoms with van der Waals surface area (Å²) >= 11 is 1.65. The minimum absolute atomic E-state index is 0.156. The minimum Gasteiger partial charge on any atom is -0.302 e. The molecule has 1 aromatic carbocycles. The maximum absolute atomic E-state index is 8.86. The predicted molar refractivity (Wildman–Crippen MR) is 73.1 cm³/mol. The van der Waals surface area contributed by atoms with Crippen LogP contribution in [-0.4, -0.2) is 4.98 Å². The Morgan fingerprint density at radius 2 is 2.28 bits per heavy atom. The van der Waals surface area contributed by atoms with E-state index in [4.69, 9.17) is 5.26 Å². The quantitative estimate of drug-likeness (QED) is 0.915. The molecule has 0 saturated carbocycles. The van der Waals surface area contributed by atoms with Gasteiger partial charge in [0.05, 0.1) is 17.2 Å². The van der Waals surface area contributed by atoms with E-state index in [9.17, 15) is 0 Å². The van der Waals surface area contributed by atoms with E-state index < -0.39 is 0 Å². The smallest absolute Gasteiger partial charge is 0.112 e. The number of rotatable bonds is 4. The molecule has 0 amide bonds. The molecule has 0 radical (unpaired) electrons. The van der Waals surface area contributed by atoms with Gasteiger partial charge in [0.1, 0.15) is 5.01 Å². The Hall–Kier alpha value is -1.70. The second kappa shape index (κ2) is 5.30. The summed E-state index contributed by atoms with van der Waals surface area (Å²) in [5.74, 6) is 0. The molecule has 0 aliphatic rings. The molecule has 0 fully saturated rings. The molecule has 0 unspecified atom stereocenters. The molecule has 0 spiro atoms. The Kier molecular flexibility index (Phi) is 3.75. The Balaban J connectivity index is 2.05. The molecule has 2 rings (SSSR count). The van der Waals surface area contributed by atoms with Crippen molar-refractivity contribution >= 4 is 11.3 Å². The normalized spacial score (nSPS) is 11.2. The molecule has 1 heterocycles. The van der Waals surface area contributed by atoms with Gasteiger partial charge in [-0.2, -0.15) is 5.26 Å². The van der Waals surface area contributed by atoms with E-state index in [2.05, 4.69) is 30.2 Å². The molecule has 0 bridgehead atoms. The van der Waals surface area contributed by atoms with Crippen LogP contribution in [0, 0.1) is 11.3 Å². The molecule has 4 heteroatoms. The van der Waals surface area contributed by atoms with E-state index in [-0.39, 0.29) is 5.54 Å². The van der Waals surface area contributed by atoms with Crippen molar-refractivity contribution in [3.05, 3.63) is 52.0 Å². The number of thiazole rings is 1. The lowest BCUT2D eigenvalue weighted by molar-refractivity contribution is 0.399. The van der Waals surface area contributed by atoms with Gasteiger partial charge in [-0.15, -0.1) is 11.3 Å². The fourth-order valence-electron chi connectivity index (χ4n) is 1.68. The van der Waals surface area contributed by atoms with E-state index in [0.29, 0.717) is 5.56 Å². The number of aromatic nitrogens is 1. The summed E-state index contributed by atoms with van der Waals surface area (Å²) in [6, 6.07) is 9.80. The molecular weight excluding hydrogens is 242 g/mol. The van der Waals surface area contributed by atoms with Crippen molar-refractivity contribution in [1.29, 1.82) is 5.26 Å². The van der Waals surface area contributed by atoms with Gasteiger partial charge in [0.25, 0.3) is 0 Å². The molecule has 0 aliphatic carbocycles. The highest BCUT2D eigenvalue weighted by Crippen LogP contribution is 2.22. The van der Waals surface area contributed by atoms with Crippen molar-refractivity contribution in [2.24, 2.45) is 0 Å². The Bertz CT molecular complexity index is 553. The molecule has 0 atom stereocenters. The van der Waals surface area contributed by atoms with Crippen LogP contribution in [0.5, 0.6) is 0 Å². The fourth-order valence-corrected chi connectivity index (χ4v) is 2.42. The number of benzene rings is 1. The van der Waals surface area contributed by atoms with Crippen LogP contribution in [0.2, 0.25) is 0 Å². The van der Waals surface area contributed by atoms with E-state index in [1.54, 1.807) is 11.3 Å². The number of nitriles is 1. The van der Waals surface area contributed by atoms with Crippen LogP contribution in [-0.2, 0) is 12.1 Å². The lowest BCUT2D eigenvalue weighted by Gasteiger charge is -2.24. The third-order valence-corrected chi connectivity index (χ3v) is 3.85. The zero-order chi connectivity index (χ0) is 13.0. The highest BCUT2D eigenvalue weighted by Gasteiger charge is 2.22. The van der Waals surface area contributed by atoms with Crippen LogP contribution >= 0.6 is 11.3 Å². The maximum atomic E-state index is 8.86.